The highest BCUT2D eigenvalue weighted by Crippen LogP contribution is 2.28. The zero-order chi connectivity index (χ0) is 23.8. The molecule has 3 rings (SSSR count). The van der Waals surface area contributed by atoms with E-state index in [1.165, 1.54) is 18.2 Å². The fourth-order valence-electron chi connectivity index (χ4n) is 2.84. The molecule has 0 bridgehead atoms. The van der Waals surface area contributed by atoms with E-state index in [1.54, 1.807) is 49.6 Å². The van der Waals surface area contributed by atoms with E-state index in [1.807, 2.05) is 30.3 Å². The molecular weight excluding hydrogens is 433 g/mol. The number of halogens is 3. The molecule has 1 heterocycles. The Morgan fingerprint density at radius 1 is 1.00 bits per heavy atom. The van der Waals surface area contributed by atoms with Crippen LogP contribution in [-0.2, 0) is 6.61 Å². The van der Waals surface area contributed by atoms with Crippen LogP contribution in [0, 0.1) is 0 Å². The summed E-state index contributed by atoms with van der Waals surface area (Å²) in [7, 11) is 3.60. The van der Waals surface area contributed by atoms with Crippen molar-refractivity contribution in [3.63, 3.8) is 0 Å². The fourth-order valence-corrected chi connectivity index (χ4v) is 2.84. The number of rotatable bonds is 9. The fraction of sp³-hybridized carbons (Fsp3) is 0.200. The van der Waals surface area contributed by atoms with Crippen LogP contribution in [0.5, 0.6) is 11.6 Å². The lowest BCUT2D eigenvalue weighted by Crippen LogP contribution is -2.19. The molecule has 0 aliphatic carbocycles. The molecule has 172 valence electrons. The maximum Gasteiger partial charge on any atom is 0.422 e. The molecule has 2 aromatic carbocycles. The van der Waals surface area contributed by atoms with Crippen LogP contribution in [0.15, 0.2) is 79.1 Å². The molecule has 8 heteroatoms. The van der Waals surface area contributed by atoms with E-state index in [-0.39, 0.29) is 29.6 Å². The van der Waals surface area contributed by atoms with Crippen LogP contribution in [0.4, 0.5) is 13.2 Å². The maximum absolute atomic E-state index is 12.8. The third-order valence-corrected chi connectivity index (χ3v) is 4.45. The van der Waals surface area contributed by atoms with Crippen molar-refractivity contribution in [3.8, 4) is 22.8 Å². The summed E-state index contributed by atoms with van der Waals surface area (Å²) in [4.78, 5) is 18.9. The smallest absolute Gasteiger partial charge is 0.422 e. The van der Waals surface area contributed by atoms with Crippen LogP contribution in [-0.4, -0.2) is 42.5 Å². The SMILES string of the molecule is CN(C)C=CC(=O)c1cc(-c2ccc(OCC(F)(F)F)cc2)cnc1OCc1ccccc1. The number of ketones is 1. The summed E-state index contributed by atoms with van der Waals surface area (Å²) in [5.41, 5.74) is 2.49. The molecule has 0 atom stereocenters. The highest BCUT2D eigenvalue weighted by atomic mass is 19.4. The number of alkyl halides is 3. The van der Waals surface area contributed by atoms with Gasteiger partial charge in [0.15, 0.2) is 12.4 Å². The van der Waals surface area contributed by atoms with E-state index >= 15 is 0 Å². The number of carbonyl (C=O) groups excluding carboxylic acids is 1. The largest absolute Gasteiger partial charge is 0.484 e. The van der Waals surface area contributed by atoms with Crippen molar-refractivity contribution in [3.05, 3.63) is 90.3 Å². The minimum absolute atomic E-state index is 0.0945. The molecule has 33 heavy (non-hydrogen) atoms. The van der Waals surface area contributed by atoms with Crippen LogP contribution < -0.4 is 9.47 Å². The second-order valence-electron chi connectivity index (χ2n) is 7.42. The van der Waals surface area contributed by atoms with E-state index in [4.69, 9.17) is 9.47 Å². The second-order valence-corrected chi connectivity index (χ2v) is 7.42. The molecule has 0 amide bonds. The number of hydrogen-bond donors (Lipinski definition) is 0. The first-order valence-electron chi connectivity index (χ1n) is 10.1. The third kappa shape index (κ3) is 7.38. The van der Waals surface area contributed by atoms with Crippen LogP contribution in [0.1, 0.15) is 15.9 Å². The average Bonchev–Trinajstić information content (AvgIpc) is 2.80. The van der Waals surface area contributed by atoms with E-state index in [0.29, 0.717) is 11.1 Å². The normalized spacial score (nSPS) is 11.4. The van der Waals surface area contributed by atoms with Gasteiger partial charge in [-0.3, -0.25) is 4.79 Å². The minimum atomic E-state index is -4.41. The number of allylic oxidation sites excluding steroid dienone is 1. The van der Waals surface area contributed by atoms with Crippen LogP contribution in [0.3, 0.4) is 0 Å². The zero-order valence-electron chi connectivity index (χ0n) is 18.2. The Labute approximate surface area is 190 Å². The van der Waals surface area contributed by atoms with Gasteiger partial charge in [-0.25, -0.2) is 4.98 Å². The van der Waals surface area contributed by atoms with E-state index in [9.17, 15) is 18.0 Å². The maximum atomic E-state index is 12.8. The molecule has 0 fully saturated rings. The first kappa shape index (κ1) is 23.8. The number of aromatic nitrogens is 1. The van der Waals surface area contributed by atoms with Crippen molar-refractivity contribution in [1.82, 2.24) is 9.88 Å². The Kier molecular flexibility index (Phi) is 7.71. The lowest BCUT2D eigenvalue weighted by molar-refractivity contribution is -0.153. The zero-order valence-corrected chi connectivity index (χ0v) is 18.2. The van der Waals surface area contributed by atoms with Gasteiger partial charge < -0.3 is 14.4 Å². The predicted molar refractivity (Wildman–Crippen MR) is 119 cm³/mol. The van der Waals surface area contributed by atoms with Crippen molar-refractivity contribution in [2.75, 3.05) is 20.7 Å². The number of hydrogen-bond acceptors (Lipinski definition) is 5. The molecule has 0 saturated heterocycles. The summed E-state index contributed by atoms with van der Waals surface area (Å²) in [5, 5.41) is 0. The van der Waals surface area contributed by atoms with Crippen molar-refractivity contribution in [1.29, 1.82) is 0 Å². The average molecular weight is 456 g/mol. The standard InChI is InChI=1S/C25H23F3N2O3/c1-30(2)13-12-23(31)22-14-20(15-29-24(22)32-16-18-6-4-3-5-7-18)19-8-10-21(11-9-19)33-17-25(26,27)28/h3-15H,16-17H2,1-2H3. The highest BCUT2D eigenvalue weighted by molar-refractivity contribution is 6.06. The Morgan fingerprint density at radius 2 is 1.70 bits per heavy atom. The highest BCUT2D eigenvalue weighted by Gasteiger charge is 2.28. The Bertz CT molecular complexity index is 1100. The molecule has 1 aromatic heterocycles. The first-order valence-corrected chi connectivity index (χ1v) is 10.1. The summed E-state index contributed by atoms with van der Waals surface area (Å²) in [6, 6.07) is 17.2. The van der Waals surface area contributed by atoms with Gasteiger partial charge in [0, 0.05) is 38.1 Å². The van der Waals surface area contributed by atoms with Crippen molar-refractivity contribution >= 4 is 5.78 Å². The van der Waals surface area contributed by atoms with Gasteiger partial charge in [0.2, 0.25) is 5.88 Å². The van der Waals surface area contributed by atoms with Crippen molar-refractivity contribution in [2.24, 2.45) is 0 Å². The van der Waals surface area contributed by atoms with E-state index in [0.717, 1.165) is 5.56 Å². The molecule has 3 aromatic rings. The monoisotopic (exact) mass is 456 g/mol. The van der Waals surface area contributed by atoms with Gasteiger partial charge in [-0.1, -0.05) is 42.5 Å². The lowest BCUT2D eigenvalue weighted by Gasteiger charge is -2.12. The van der Waals surface area contributed by atoms with E-state index < -0.39 is 12.8 Å². The summed E-state index contributed by atoms with van der Waals surface area (Å²) < 4.78 is 47.6. The summed E-state index contributed by atoms with van der Waals surface area (Å²) in [6.45, 7) is -1.12. The van der Waals surface area contributed by atoms with Gasteiger partial charge in [0.1, 0.15) is 12.4 Å². The molecule has 0 saturated carbocycles. The Balaban J connectivity index is 1.85. The van der Waals surface area contributed by atoms with Gasteiger partial charge in [-0.2, -0.15) is 13.2 Å². The van der Waals surface area contributed by atoms with Gasteiger partial charge in [0.05, 0.1) is 5.56 Å². The van der Waals surface area contributed by atoms with Crippen LogP contribution in [0.25, 0.3) is 11.1 Å². The molecule has 0 unspecified atom stereocenters. The molecule has 0 aliphatic heterocycles. The third-order valence-electron chi connectivity index (χ3n) is 4.45. The molecular formula is C25H23F3N2O3. The summed E-state index contributed by atoms with van der Waals surface area (Å²) in [6.07, 6.45) is 0.193. The Morgan fingerprint density at radius 3 is 2.33 bits per heavy atom. The summed E-state index contributed by atoms with van der Waals surface area (Å²) in [5.74, 6) is 0.00412. The molecule has 0 aliphatic rings. The molecule has 0 spiro atoms. The number of ether oxygens (including phenoxy) is 2. The van der Waals surface area contributed by atoms with Crippen LogP contribution >= 0.6 is 0 Å². The summed E-state index contributed by atoms with van der Waals surface area (Å²) >= 11 is 0. The van der Waals surface area contributed by atoms with Gasteiger partial charge in [-0.05, 0) is 29.3 Å². The van der Waals surface area contributed by atoms with Crippen molar-refractivity contribution < 1.29 is 27.4 Å². The number of benzene rings is 2. The number of nitrogens with zero attached hydrogens (tertiary/aromatic N) is 2. The molecule has 5 nitrogen and oxygen atoms in total. The number of pyridine rings is 1. The van der Waals surface area contributed by atoms with E-state index in [2.05, 4.69) is 4.98 Å². The quantitative estimate of drug-likeness (QED) is 0.313. The second kappa shape index (κ2) is 10.7. The topological polar surface area (TPSA) is 51.7 Å². The predicted octanol–water partition coefficient (Wildman–Crippen LogP) is 5.53. The van der Waals surface area contributed by atoms with Gasteiger partial charge in [0.25, 0.3) is 0 Å². The lowest BCUT2D eigenvalue weighted by atomic mass is 10.0. The van der Waals surface area contributed by atoms with Gasteiger partial charge >= 0.3 is 6.18 Å². The molecule has 0 radical (unpaired) electrons. The van der Waals surface area contributed by atoms with Crippen molar-refractivity contribution in [2.45, 2.75) is 12.8 Å². The number of carbonyl (C=O) groups is 1. The first-order chi connectivity index (χ1) is 15.7. The van der Waals surface area contributed by atoms with Gasteiger partial charge in [-0.15, -0.1) is 0 Å². The molecule has 0 N–H and O–H groups in total. The Hall–Kier alpha value is -3.81. The van der Waals surface area contributed by atoms with Crippen LogP contribution in [0.2, 0.25) is 0 Å². The minimum Gasteiger partial charge on any atom is -0.484 e.